The summed E-state index contributed by atoms with van der Waals surface area (Å²) in [6.07, 6.45) is -0.203. The van der Waals surface area contributed by atoms with Gasteiger partial charge in [0.2, 0.25) is 11.8 Å². The van der Waals surface area contributed by atoms with Crippen LogP contribution in [0.4, 0.5) is 0 Å². The van der Waals surface area contributed by atoms with Gasteiger partial charge in [0, 0.05) is 5.02 Å². The SMILES string of the molecule is CC(CNC(=O)CNC(=O)CN)Oc1ccc(Cl)cc1. The topological polar surface area (TPSA) is 93.5 Å². The van der Waals surface area contributed by atoms with Crippen molar-refractivity contribution in [2.75, 3.05) is 19.6 Å². The van der Waals surface area contributed by atoms with Crippen molar-refractivity contribution in [2.45, 2.75) is 13.0 Å². The molecule has 6 nitrogen and oxygen atoms in total. The average molecular weight is 300 g/mol. The van der Waals surface area contributed by atoms with E-state index in [9.17, 15) is 9.59 Å². The molecule has 1 aromatic carbocycles. The van der Waals surface area contributed by atoms with E-state index in [4.69, 9.17) is 22.1 Å². The highest BCUT2D eigenvalue weighted by atomic mass is 35.5. The summed E-state index contributed by atoms with van der Waals surface area (Å²) in [6.45, 7) is 1.93. The Morgan fingerprint density at radius 2 is 1.90 bits per heavy atom. The Morgan fingerprint density at radius 3 is 2.50 bits per heavy atom. The maximum atomic E-state index is 11.4. The summed E-state index contributed by atoms with van der Waals surface area (Å²) in [7, 11) is 0. The van der Waals surface area contributed by atoms with Gasteiger partial charge in [-0.15, -0.1) is 0 Å². The van der Waals surface area contributed by atoms with Crippen LogP contribution in [-0.2, 0) is 9.59 Å². The Kier molecular flexibility index (Phi) is 6.83. The van der Waals surface area contributed by atoms with Crippen molar-refractivity contribution in [2.24, 2.45) is 5.73 Å². The van der Waals surface area contributed by atoms with Crippen LogP contribution in [0.15, 0.2) is 24.3 Å². The Balaban J connectivity index is 2.25. The number of carbonyl (C=O) groups is 2. The molecule has 1 aromatic rings. The molecule has 0 saturated carbocycles. The lowest BCUT2D eigenvalue weighted by molar-refractivity contribution is -0.125. The van der Waals surface area contributed by atoms with Gasteiger partial charge in [0.1, 0.15) is 11.9 Å². The van der Waals surface area contributed by atoms with Gasteiger partial charge in [-0.2, -0.15) is 0 Å². The van der Waals surface area contributed by atoms with Gasteiger partial charge in [-0.1, -0.05) is 11.6 Å². The number of nitrogens with one attached hydrogen (secondary N) is 2. The van der Waals surface area contributed by atoms with Crippen LogP contribution < -0.4 is 21.1 Å². The molecule has 0 aliphatic carbocycles. The lowest BCUT2D eigenvalue weighted by atomic mass is 10.3. The Hall–Kier alpha value is -1.79. The first-order valence-corrected chi connectivity index (χ1v) is 6.54. The first-order valence-electron chi connectivity index (χ1n) is 6.17. The molecule has 7 heteroatoms. The van der Waals surface area contributed by atoms with Gasteiger partial charge in [0.15, 0.2) is 0 Å². The Labute approximate surface area is 122 Å². The second-order valence-electron chi connectivity index (χ2n) is 4.17. The molecule has 1 atom stereocenters. The molecule has 0 heterocycles. The summed E-state index contributed by atoms with van der Waals surface area (Å²) in [5, 5.41) is 5.66. The van der Waals surface area contributed by atoms with Crippen molar-refractivity contribution in [1.29, 1.82) is 0 Å². The minimum absolute atomic E-state index is 0.0936. The summed E-state index contributed by atoms with van der Waals surface area (Å²) in [6, 6.07) is 6.96. The predicted octanol–water partition coefficient (Wildman–Crippen LogP) is 0.298. The predicted molar refractivity (Wildman–Crippen MR) is 76.6 cm³/mol. The molecule has 1 unspecified atom stereocenters. The molecule has 20 heavy (non-hydrogen) atoms. The van der Waals surface area contributed by atoms with Crippen molar-refractivity contribution in [3.63, 3.8) is 0 Å². The highest BCUT2D eigenvalue weighted by Gasteiger charge is 2.08. The van der Waals surface area contributed by atoms with Gasteiger partial charge in [-0.3, -0.25) is 9.59 Å². The molecule has 0 bridgehead atoms. The zero-order valence-electron chi connectivity index (χ0n) is 11.2. The van der Waals surface area contributed by atoms with Crippen molar-refractivity contribution >= 4 is 23.4 Å². The summed E-state index contributed by atoms with van der Waals surface area (Å²) in [5.74, 6) is 0.0107. The maximum absolute atomic E-state index is 11.4. The minimum atomic E-state index is -0.370. The summed E-state index contributed by atoms with van der Waals surface area (Å²) < 4.78 is 5.59. The van der Waals surface area contributed by atoms with Gasteiger partial charge in [0.25, 0.3) is 0 Å². The molecule has 2 amide bonds. The number of halogens is 1. The number of hydrogen-bond acceptors (Lipinski definition) is 4. The van der Waals surface area contributed by atoms with Gasteiger partial charge in [0.05, 0.1) is 19.6 Å². The van der Waals surface area contributed by atoms with E-state index in [1.54, 1.807) is 24.3 Å². The molecule has 0 aliphatic rings. The highest BCUT2D eigenvalue weighted by molar-refractivity contribution is 6.30. The van der Waals surface area contributed by atoms with Gasteiger partial charge in [-0.25, -0.2) is 0 Å². The normalized spacial score (nSPS) is 11.6. The second-order valence-corrected chi connectivity index (χ2v) is 4.60. The molecule has 0 saturated heterocycles. The van der Waals surface area contributed by atoms with Crippen LogP contribution in [-0.4, -0.2) is 37.6 Å². The van der Waals surface area contributed by atoms with Gasteiger partial charge < -0.3 is 21.1 Å². The molecular formula is C13H18ClN3O3. The van der Waals surface area contributed by atoms with E-state index in [0.29, 0.717) is 17.3 Å². The number of hydrogen-bond donors (Lipinski definition) is 3. The van der Waals surface area contributed by atoms with E-state index < -0.39 is 0 Å². The minimum Gasteiger partial charge on any atom is -0.489 e. The molecule has 0 aliphatic heterocycles. The summed E-state index contributed by atoms with van der Waals surface area (Å²) >= 11 is 5.77. The molecule has 0 fully saturated rings. The van der Waals surface area contributed by atoms with E-state index in [2.05, 4.69) is 10.6 Å². The second kappa shape index (κ2) is 8.39. The van der Waals surface area contributed by atoms with Crippen LogP contribution in [0.25, 0.3) is 0 Å². The van der Waals surface area contributed by atoms with Crippen LogP contribution in [0.1, 0.15) is 6.92 Å². The number of carbonyl (C=O) groups excluding carboxylic acids is 2. The molecule has 0 radical (unpaired) electrons. The third-order valence-corrected chi connectivity index (χ3v) is 2.62. The van der Waals surface area contributed by atoms with Crippen LogP contribution in [0.3, 0.4) is 0 Å². The van der Waals surface area contributed by atoms with Crippen LogP contribution in [0, 0.1) is 0 Å². The molecule has 0 spiro atoms. The average Bonchev–Trinajstić information content (AvgIpc) is 2.45. The molecule has 110 valence electrons. The van der Waals surface area contributed by atoms with Gasteiger partial charge >= 0.3 is 0 Å². The van der Waals surface area contributed by atoms with E-state index in [0.717, 1.165) is 0 Å². The number of benzene rings is 1. The van der Waals surface area contributed by atoms with Gasteiger partial charge in [-0.05, 0) is 31.2 Å². The first kappa shape index (κ1) is 16.3. The fraction of sp³-hybridized carbons (Fsp3) is 0.385. The third kappa shape index (κ3) is 6.40. The smallest absolute Gasteiger partial charge is 0.239 e. The number of nitrogens with two attached hydrogens (primary N) is 1. The zero-order chi connectivity index (χ0) is 15.0. The molecular weight excluding hydrogens is 282 g/mol. The number of amides is 2. The summed E-state index contributed by atoms with van der Waals surface area (Å²) in [4.78, 5) is 22.3. The van der Waals surface area contributed by atoms with Crippen molar-refractivity contribution in [1.82, 2.24) is 10.6 Å². The zero-order valence-corrected chi connectivity index (χ0v) is 11.9. The van der Waals surface area contributed by atoms with Crippen LogP contribution >= 0.6 is 11.6 Å². The van der Waals surface area contributed by atoms with E-state index in [1.807, 2.05) is 6.92 Å². The largest absolute Gasteiger partial charge is 0.489 e. The van der Waals surface area contributed by atoms with E-state index in [-0.39, 0.29) is 31.0 Å². The van der Waals surface area contributed by atoms with Crippen LogP contribution in [0.5, 0.6) is 5.75 Å². The van der Waals surface area contributed by atoms with E-state index >= 15 is 0 Å². The molecule has 1 rings (SSSR count). The standard InChI is InChI=1S/C13H18ClN3O3/c1-9(20-11-4-2-10(14)3-5-11)7-16-13(19)8-17-12(18)6-15/h2-5,9H,6-8,15H2,1H3,(H,16,19)(H,17,18). The third-order valence-electron chi connectivity index (χ3n) is 2.37. The number of ether oxygens (including phenoxy) is 1. The highest BCUT2D eigenvalue weighted by Crippen LogP contribution is 2.16. The lowest BCUT2D eigenvalue weighted by Gasteiger charge is -2.15. The Morgan fingerprint density at radius 1 is 1.25 bits per heavy atom. The van der Waals surface area contributed by atoms with E-state index in [1.165, 1.54) is 0 Å². The quantitative estimate of drug-likeness (QED) is 0.675. The van der Waals surface area contributed by atoms with Crippen molar-refractivity contribution in [3.8, 4) is 5.75 Å². The monoisotopic (exact) mass is 299 g/mol. The Bertz CT molecular complexity index is 451. The lowest BCUT2D eigenvalue weighted by Crippen LogP contribution is -2.42. The molecule has 0 aromatic heterocycles. The van der Waals surface area contributed by atoms with Crippen molar-refractivity contribution < 1.29 is 14.3 Å². The number of rotatable bonds is 7. The molecule has 4 N–H and O–H groups in total. The van der Waals surface area contributed by atoms with Crippen LogP contribution in [0.2, 0.25) is 5.02 Å². The van der Waals surface area contributed by atoms with Crippen molar-refractivity contribution in [3.05, 3.63) is 29.3 Å². The summed E-state index contributed by atoms with van der Waals surface area (Å²) in [5.41, 5.74) is 5.10. The maximum Gasteiger partial charge on any atom is 0.239 e. The fourth-order valence-corrected chi connectivity index (χ4v) is 1.48. The first-order chi connectivity index (χ1) is 9.51. The fourth-order valence-electron chi connectivity index (χ4n) is 1.36.